The largest absolute Gasteiger partial charge is 0.475 e. The maximum atomic E-state index is 5.78. The van der Waals surface area contributed by atoms with Gasteiger partial charge in [0.15, 0.2) is 0 Å². The van der Waals surface area contributed by atoms with Gasteiger partial charge in [-0.2, -0.15) is 0 Å². The van der Waals surface area contributed by atoms with Gasteiger partial charge in [-0.25, -0.2) is 9.98 Å². The number of rotatable bonds is 5. The summed E-state index contributed by atoms with van der Waals surface area (Å²) in [6, 6.07) is 32.5. The van der Waals surface area contributed by atoms with Gasteiger partial charge in [0.05, 0.1) is 35.2 Å². The second-order valence-electron chi connectivity index (χ2n) is 11.3. The Bertz CT molecular complexity index is 2340. The molecule has 0 saturated heterocycles. The molecule has 0 N–H and O–H groups in total. The first-order valence-corrected chi connectivity index (χ1v) is 15.1. The second kappa shape index (κ2) is 10.4. The van der Waals surface area contributed by atoms with E-state index in [-0.39, 0.29) is 0 Å². The van der Waals surface area contributed by atoms with Crippen LogP contribution in [0.25, 0.3) is 60.5 Å². The molecule has 0 atom stereocenters. The Morgan fingerprint density at radius 1 is 0.511 bits per heavy atom. The van der Waals surface area contributed by atoms with E-state index >= 15 is 0 Å². The van der Waals surface area contributed by atoms with Crippen LogP contribution in [0, 0.1) is 0 Å². The summed E-state index contributed by atoms with van der Waals surface area (Å²) in [7, 11) is 0. The van der Waals surface area contributed by atoms with Gasteiger partial charge in [0.1, 0.15) is 13.2 Å². The maximum Gasteiger partial charge on any atom is 0.217 e. The van der Waals surface area contributed by atoms with Crippen LogP contribution >= 0.6 is 0 Å². The number of benzene rings is 4. The van der Waals surface area contributed by atoms with Crippen LogP contribution in [-0.4, -0.2) is 52.6 Å². The van der Waals surface area contributed by atoms with Gasteiger partial charge in [-0.3, -0.25) is 9.97 Å². The maximum absolute atomic E-state index is 5.78. The Balaban J connectivity index is 1.32. The van der Waals surface area contributed by atoms with E-state index in [0.29, 0.717) is 38.1 Å². The Morgan fingerprint density at radius 3 is 1.87 bits per heavy atom. The first-order valence-electron chi connectivity index (χ1n) is 15.1. The SMILES string of the molecule is c1ccc(-n2c3cc(-c4cncc(C5=NCCO5)c4)ccc3c3c4ccccc4c(-c4cncc(C5=NCCO5)c4)cc32)cc1. The Hall–Kier alpha value is -5.82. The van der Waals surface area contributed by atoms with Crippen molar-refractivity contribution in [2.24, 2.45) is 9.98 Å². The molecule has 7 nitrogen and oxygen atoms in total. The number of pyridine rings is 2. The molecule has 0 amide bonds. The van der Waals surface area contributed by atoms with Crippen LogP contribution < -0.4 is 0 Å². The number of para-hydroxylation sites is 1. The van der Waals surface area contributed by atoms with Crippen molar-refractivity contribution in [2.75, 3.05) is 26.3 Å². The molecule has 9 rings (SSSR count). The average molecular weight is 586 g/mol. The van der Waals surface area contributed by atoms with Gasteiger partial charge in [-0.15, -0.1) is 0 Å². The van der Waals surface area contributed by atoms with Gasteiger partial charge in [0.25, 0.3) is 0 Å². The average Bonchev–Trinajstić information content (AvgIpc) is 3.90. The lowest BCUT2D eigenvalue weighted by Gasteiger charge is -2.13. The van der Waals surface area contributed by atoms with E-state index in [9.17, 15) is 0 Å². The number of hydrogen-bond donors (Lipinski definition) is 0. The third kappa shape index (κ3) is 4.27. The number of ether oxygens (including phenoxy) is 2. The molecule has 0 radical (unpaired) electrons. The third-order valence-corrected chi connectivity index (χ3v) is 8.57. The zero-order valence-electron chi connectivity index (χ0n) is 24.4. The molecular weight excluding hydrogens is 558 g/mol. The van der Waals surface area contributed by atoms with Crippen LogP contribution in [0.2, 0.25) is 0 Å². The van der Waals surface area contributed by atoms with Crippen molar-refractivity contribution in [1.82, 2.24) is 14.5 Å². The monoisotopic (exact) mass is 585 g/mol. The summed E-state index contributed by atoms with van der Waals surface area (Å²) in [6.07, 6.45) is 7.47. The smallest absolute Gasteiger partial charge is 0.217 e. The second-order valence-corrected chi connectivity index (χ2v) is 11.3. The summed E-state index contributed by atoms with van der Waals surface area (Å²) in [4.78, 5) is 18.2. The normalized spacial score (nSPS) is 14.5. The van der Waals surface area contributed by atoms with Crippen LogP contribution in [0.5, 0.6) is 0 Å². The fourth-order valence-corrected chi connectivity index (χ4v) is 6.59. The Morgan fingerprint density at radius 2 is 1.16 bits per heavy atom. The van der Waals surface area contributed by atoms with E-state index in [4.69, 9.17) is 9.47 Å². The predicted octanol–water partition coefficient (Wildman–Crippen LogP) is 7.61. The zero-order chi connectivity index (χ0) is 29.7. The minimum absolute atomic E-state index is 0.608. The van der Waals surface area contributed by atoms with Crippen molar-refractivity contribution in [3.63, 3.8) is 0 Å². The molecule has 0 fully saturated rings. The molecule has 2 aliphatic heterocycles. The lowest BCUT2D eigenvalue weighted by atomic mass is 9.94. The molecule has 0 bridgehead atoms. The lowest BCUT2D eigenvalue weighted by Crippen LogP contribution is -2.02. The van der Waals surface area contributed by atoms with Crippen molar-refractivity contribution >= 4 is 44.4 Å². The van der Waals surface area contributed by atoms with Crippen molar-refractivity contribution < 1.29 is 9.47 Å². The summed E-state index contributed by atoms with van der Waals surface area (Å²) >= 11 is 0. The van der Waals surface area contributed by atoms with E-state index in [0.717, 1.165) is 50.1 Å². The van der Waals surface area contributed by atoms with Gasteiger partial charge in [0.2, 0.25) is 11.8 Å². The highest BCUT2D eigenvalue weighted by Crippen LogP contribution is 2.42. The molecule has 45 heavy (non-hydrogen) atoms. The van der Waals surface area contributed by atoms with Crippen molar-refractivity contribution in [3.8, 4) is 27.9 Å². The van der Waals surface area contributed by atoms with Gasteiger partial charge in [-0.05, 0) is 58.3 Å². The summed E-state index contributed by atoms with van der Waals surface area (Å²) in [6.45, 7) is 2.58. The summed E-state index contributed by atoms with van der Waals surface area (Å²) < 4.78 is 13.9. The molecule has 5 heterocycles. The number of nitrogens with zero attached hydrogens (tertiary/aromatic N) is 5. The van der Waals surface area contributed by atoms with Gasteiger partial charge < -0.3 is 14.0 Å². The quantitative estimate of drug-likeness (QED) is 0.208. The van der Waals surface area contributed by atoms with Crippen LogP contribution in [-0.2, 0) is 9.47 Å². The first-order chi connectivity index (χ1) is 22.3. The van der Waals surface area contributed by atoms with Gasteiger partial charge in [-0.1, -0.05) is 54.6 Å². The van der Waals surface area contributed by atoms with E-state index in [1.165, 1.54) is 21.5 Å². The number of hydrogen-bond acceptors (Lipinski definition) is 6. The van der Waals surface area contributed by atoms with Crippen LogP contribution in [0.3, 0.4) is 0 Å². The Labute approximate surface area is 259 Å². The number of fused-ring (bicyclic) bond motifs is 5. The van der Waals surface area contributed by atoms with Crippen molar-refractivity contribution in [1.29, 1.82) is 0 Å². The molecule has 0 spiro atoms. The Kier molecular flexibility index (Phi) is 5.94. The first kappa shape index (κ1) is 25.7. The van der Waals surface area contributed by atoms with Crippen molar-refractivity contribution in [2.45, 2.75) is 0 Å². The molecule has 0 unspecified atom stereocenters. The lowest BCUT2D eigenvalue weighted by molar-refractivity contribution is 0.348. The fourth-order valence-electron chi connectivity index (χ4n) is 6.59. The number of aliphatic imine (C=N–C) groups is 2. The van der Waals surface area contributed by atoms with E-state index < -0.39 is 0 Å². The van der Waals surface area contributed by atoms with Crippen LogP contribution in [0.4, 0.5) is 0 Å². The van der Waals surface area contributed by atoms with Crippen molar-refractivity contribution in [3.05, 3.63) is 127 Å². The highest BCUT2D eigenvalue weighted by atomic mass is 16.5. The molecule has 216 valence electrons. The van der Waals surface area contributed by atoms with E-state index in [1.54, 1.807) is 0 Å². The minimum Gasteiger partial charge on any atom is -0.475 e. The topological polar surface area (TPSA) is 73.9 Å². The standard InChI is InChI=1S/C38H27N5O2/c1-2-6-29(7-3-1)43-34-18-24(25-16-27(22-39-20-25)37-41-12-14-44-37)10-11-32(34)36-31-9-5-4-8-30(31)33(19-35(36)43)26-17-28(23-40-21-26)38-42-13-15-45-38/h1-11,16-23H,12-15H2. The molecule has 0 aliphatic carbocycles. The molecule has 0 saturated carbocycles. The molecule has 4 aromatic carbocycles. The van der Waals surface area contributed by atoms with Gasteiger partial charge in [0, 0.05) is 52.4 Å². The third-order valence-electron chi connectivity index (χ3n) is 8.57. The summed E-state index contributed by atoms with van der Waals surface area (Å²) in [5.41, 5.74) is 9.37. The van der Waals surface area contributed by atoms with Crippen LogP contribution in [0.1, 0.15) is 11.1 Å². The molecule has 7 heteroatoms. The van der Waals surface area contributed by atoms with E-state index in [2.05, 4.69) is 116 Å². The number of aromatic nitrogens is 3. The summed E-state index contributed by atoms with van der Waals surface area (Å²) in [5.74, 6) is 1.32. The molecular formula is C38H27N5O2. The van der Waals surface area contributed by atoms with Gasteiger partial charge >= 0.3 is 0 Å². The zero-order valence-corrected chi connectivity index (χ0v) is 24.4. The highest BCUT2D eigenvalue weighted by Gasteiger charge is 2.20. The predicted molar refractivity (Wildman–Crippen MR) is 179 cm³/mol. The molecule has 2 aliphatic rings. The fraction of sp³-hybridized carbons (Fsp3) is 0.105. The van der Waals surface area contributed by atoms with E-state index in [1.807, 2.05) is 24.8 Å². The molecule has 7 aromatic rings. The molecule has 3 aromatic heterocycles. The summed E-state index contributed by atoms with van der Waals surface area (Å²) in [5, 5.41) is 4.77. The van der Waals surface area contributed by atoms with Crippen LogP contribution in [0.15, 0.2) is 126 Å². The highest BCUT2D eigenvalue weighted by molar-refractivity contribution is 6.24. The minimum atomic E-state index is 0.608.